The van der Waals surface area contributed by atoms with Crippen molar-refractivity contribution in [2.75, 3.05) is 26.2 Å². The van der Waals surface area contributed by atoms with Crippen LogP contribution in [0.15, 0.2) is 0 Å². The first kappa shape index (κ1) is 16.3. The topological polar surface area (TPSA) is 15.3 Å². The lowest BCUT2D eigenvalue weighted by Crippen LogP contribution is -2.45. The predicted molar refractivity (Wildman–Crippen MR) is 88.1 cm³/mol. The predicted octanol–water partition coefficient (Wildman–Crippen LogP) is 4.06. The monoisotopic (exact) mass is 280 g/mol. The van der Waals surface area contributed by atoms with E-state index < -0.39 is 0 Å². The first-order valence-electron chi connectivity index (χ1n) is 9.06. The van der Waals surface area contributed by atoms with E-state index in [4.69, 9.17) is 0 Å². The third kappa shape index (κ3) is 4.73. The summed E-state index contributed by atoms with van der Waals surface area (Å²) >= 11 is 0. The van der Waals surface area contributed by atoms with Crippen molar-refractivity contribution in [2.24, 2.45) is 11.3 Å². The van der Waals surface area contributed by atoms with Crippen LogP contribution in [0.3, 0.4) is 0 Å². The summed E-state index contributed by atoms with van der Waals surface area (Å²) in [6, 6.07) is 0.760. The van der Waals surface area contributed by atoms with Crippen molar-refractivity contribution < 1.29 is 0 Å². The van der Waals surface area contributed by atoms with Gasteiger partial charge < -0.3 is 10.2 Å². The first-order chi connectivity index (χ1) is 9.61. The van der Waals surface area contributed by atoms with E-state index in [1.807, 2.05) is 0 Å². The molecule has 2 aliphatic rings. The first-order valence-corrected chi connectivity index (χ1v) is 9.06. The van der Waals surface area contributed by atoms with Gasteiger partial charge in [-0.25, -0.2) is 0 Å². The van der Waals surface area contributed by atoms with E-state index in [1.54, 1.807) is 0 Å². The molecule has 1 heterocycles. The average Bonchev–Trinajstić information content (AvgIpc) is 2.45. The van der Waals surface area contributed by atoms with Crippen LogP contribution >= 0.6 is 0 Å². The molecule has 1 aliphatic carbocycles. The van der Waals surface area contributed by atoms with Crippen molar-refractivity contribution in [2.45, 2.75) is 78.2 Å². The second-order valence-electron chi connectivity index (χ2n) is 7.83. The summed E-state index contributed by atoms with van der Waals surface area (Å²) in [5, 5.41) is 3.59. The minimum absolute atomic E-state index is 0.754. The highest BCUT2D eigenvalue weighted by atomic mass is 15.2. The fourth-order valence-corrected chi connectivity index (χ4v) is 4.13. The van der Waals surface area contributed by atoms with Gasteiger partial charge in [0.05, 0.1) is 0 Å². The molecule has 2 nitrogen and oxygen atoms in total. The van der Waals surface area contributed by atoms with Crippen molar-refractivity contribution >= 4 is 0 Å². The van der Waals surface area contributed by atoms with Crippen molar-refractivity contribution in [1.82, 2.24) is 10.2 Å². The molecule has 0 bridgehead atoms. The molecule has 1 saturated carbocycles. The maximum Gasteiger partial charge on any atom is 0.00790 e. The molecule has 0 aromatic heterocycles. The normalized spacial score (nSPS) is 25.2. The molecule has 20 heavy (non-hydrogen) atoms. The van der Waals surface area contributed by atoms with Crippen molar-refractivity contribution in [3.8, 4) is 0 Å². The van der Waals surface area contributed by atoms with E-state index in [9.17, 15) is 0 Å². The van der Waals surface area contributed by atoms with Crippen LogP contribution in [0.25, 0.3) is 0 Å². The molecule has 0 amide bonds. The van der Waals surface area contributed by atoms with Crippen molar-refractivity contribution in [3.05, 3.63) is 0 Å². The van der Waals surface area contributed by atoms with Crippen LogP contribution in [-0.4, -0.2) is 37.1 Å². The second kappa shape index (κ2) is 7.79. The Balaban J connectivity index is 1.65. The minimum Gasteiger partial charge on any atom is -0.316 e. The Morgan fingerprint density at radius 1 is 0.950 bits per heavy atom. The number of piperidine rings is 1. The zero-order valence-corrected chi connectivity index (χ0v) is 14.1. The third-order valence-electron chi connectivity index (χ3n) is 5.69. The second-order valence-corrected chi connectivity index (χ2v) is 7.83. The highest BCUT2D eigenvalue weighted by Gasteiger charge is 2.36. The lowest BCUT2D eigenvalue weighted by molar-refractivity contribution is 0.0471. The number of nitrogens with zero attached hydrogens (tertiary/aromatic N) is 1. The fourth-order valence-electron chi connectivity index (χ4n) is 4.13. The van der Waals surface area contributed by atoms with Gasteiger partial charge in [-0.1, -0.05) is 33.1 Å². The Labute approximate surface area is 126 Å². The van der Waals surface area contributed by atoms with E-state index >= 15 is 0 Å². The molecule has 0 aromatic rings. The van der Waals surface area contributed by atoms with Crippen LogP contribution in [-0.2, 0) is 0 Å². The van der Waals surface area contributed by atoms with Crippen LogP contribution in [0.1, 0.15) is 72.1 Å². The third-order valence-corrected chi connectivity index (χ3v) is 5.69. The SMILES string of the molecule is CC(C)CNCCC(C)N1CCC2(CCCCC2)CC1. The number of likely N-dealkylation sites (tertiary alicyclic amines) is 1. The summed E-state index contributed by atoms with van der Waals surface area (Å²) in [6.07, 6.45) is 11.8. The van der Waals surface area contributed by atoms with Gasteiger partial charge in [-0.3, -0.25) is 0 Å². The Morgan fingerprint density at radius 2 is 1.60 bits per heavy atom. The lowest BCUT2D eigenvalue weighted by Gasteiger charge is -2.46. The van der Waals surface area contributed by atoms with Crippen LogP contribution in [0, 0.1) is 11.3 Å². The Kier molecular flexibility index (Phi) is 6.35. The maximum atomic E-state index is 3.59. The van der Waals surface area contributed by atoms with Crippen molar-refractivity contribution in [3.63, 3.8) is 0 Å². The van der Waals surface area contributed by atoms with E-state index in [0.717, 1.165) is 23.9 Å². The molecule has 0 aromatic carbocycles. The van der Waals surface area contributed by atoms with E-state index in [2.05, 4.69) is 31.0 Å². The molecule has 1 atom stereocenters. The average molecular weight is 280 g/mol. The molecule has 2 heteroatoms. The molecular formula is C18H36N2. The molecule has 0 radical (unpaired) electrons. The van der Waals surface area contributed by atoms with Gasteiger partial charge in [0.15, 0.2) is 0 Å². The van der Waals surface area contributed by atoms with E-state index in [-0.39, 0.29) is 0 Å². The Bertz CT molecular complexity index is 259. The Hall–Kier alpha value is -0.0800. The highest BCUT2D eigenvalue weighted by Crippen LogP contribution is 2.44. The van der Waals surface area contributed by atoms with Crippen LogP contribution in [0.2, 0.25) is 0 Å². The van der Waals surface area contributed by atoms with Gasteiger partial charge in [0.25, 0.3) is 0 Å². The van der Waals surface area contributed by atoms with Gasteiger partial charge in [0.2, 0.25) is 0 Å². The summed E-state index contributed by atoms with van der Waals surface area (Å²) in [5.41, 5.74) is 0.754. The lowest BCUT2D eigenvalue weighted by atomic mass is 9.68. The largest absolute Gasteiger partial charge is 0.316 e. The zero-order chi connectivity index (χ0) is 14.4. The minimum atomic E-state index is 0.754. The smallest absolute Gasteiger partial charge is 0.00790 e. The van der Waals surface area contributed by atoms with Gasteiger partial charge in [-0.15, -0.1) is 0 Å². The van der Waals surface area contributed by atoms with Crippen LogP contribution in [0.5, 0.6) is 0 Å². The summed E-state index contributed by atoms with van der Waals surface area (Å²) in [7, 11) is 0. The van der Waals surface area contributed by atoms with Gasteiger partial charge >= 0.3 is 0 Å². The summed E-state index contributed by atoms with van der Waals surface area (Å²) in [5.74, 6) is 0.770. The van der Waals surface area contributed by atoms with E-state index in [0.29, 0.717) is 0 Å². The van der Waals surface area contributed by atoms with Gasteiger partial charge in [-0.2, -0.15) is 0 Å². The molecule has 1 aliphatic heterocycles. The van der Waals surface area contributed by atoms with Gasteiger partial charge in [0, 0.05) is 6.04 Å². The van der Waals surface area contributed by atoms with Crippen LogP contribution < -0.4 is 5.32 Å². The maximum absolute atomic E-state index is 3.59. The summed E-state index contributed by atoms with van der Waals surface area (Å²) < 4.78 is 0. The van der Waals surface area contributed by atoms with Crippen LogP contribution in [0.4, 0.5) is 0 Å². The standard InChI is InChI=1S/C18H36N2/c1-16(2)15-19-12-7-17(3)20-13-10-18(11-14-20)8-5-4-6-9-18/h16-17,19H,4-15H2,1-3H3. The number of nitrogens with one attached hydrogen (secondary N) is 1. The molecule has 1 saturated heterocycles. The molecular weight excluding hydrogens is 244 g/mol. The Morgan fingerprint density at radius 3 is 2.20 bits per heavy atom. The van der Waals surface area contributed by atoms with E-state index in [1.165, 1.54) is 71.0 Å². The number of hydrogen-bond donors (Lipinski definition) is 1. The number of hydrogen-bond acceptors (Lipinski definition) is 2. The molecule has 2 rings (SSSR count). The molecule has 2 fully saturated rings. The fraction of sp³-hybridized carbons (Fsp3) is 1.00. The summed E-state index contributed by atoms with van der Waals surface area (Å²) in [6.45, 7) is 12.0. The summed E-state index contributed by atoms with van der Waals surface area (Å²) in [4.78, 5) is 2.75. The van der Waals surface area contributed by atoms with Crippen molar-refractivity contribution in [1.29, 1.82) is 0 Å². The zero-order valence-electron chi connectivity index (χ0n) is 14.1. The number of rotatable bonds is 6. The molecule has 1 N–H and O–H groups in total. The molecule has 1 unspecified atom stereocenters. The highest BCUT2D eigenvalue weighted by molar-refractivity contribution is 4.89. The van der Waals surface area contributed by atoms with Gasteiger partial charge in [-0.05, 0) is 76.5 Å². The molecule has 118 valence electrons. The van der Waals surface area contributed by atoms with Gasteiger partial charge in [0.1, 0.15) is 0 Å². The molecule has 1 spiro atoms. The quantitative estimate of drug-likeness (QED) is 0.738.